The summed E-state index contributed by atoms with van der Waals surface area (Å²) in [5, 5.41) is 0. The highest BCUT2D eigenvalue weighted by atomic mass is 16.5. The van der Waals surface area contributed by atoms with Gasteiger partial charge in [-0.3, -0.25) is 4.79 Å². The van der Waals surface area contributed by atoms with E-state index in [4.69, 9.17) is 10.5 Å². The third-order valence-corrected chi connectivity index (χ3v) is 3.34. The zero-order valence-corrected chi connectivity index (χ0v) is 10.8. The highest BCUT2D eigenvalue weighted by molar-refractivity contribution is 5.78. The Bertz CT molecular complexity index is 420. The molecule has 1 unspecified atom stereocenters. The molecule has 1 aromatic rings. The number of para-hydroxylation sites is 1. The minimum atomic E-state index is 0.193. The summed E-state index contributed by atoms with van der Waals surface area (Å²) in [6, 6.07) is 7.90. The summed E-state index contributed by atoms with van der Waals surface area (Å²) < 4.78 is 5.69. The van der Waals surface area contributed by atoms with Gasteiger partial charge in [-0.05, 0) is 31.0 Å². The molecule has 1 heterocycles. The van der Waals surface area contributed by atoms with E-state index in [1.165, 1.54) is 0 Å². The Hall–Kier alpha value is -1.55. The Morgan fingerprint density at radius 1 is 1.44 bits per heavy atom. The smallest absolute Gasteiger partial charge is 0.223 e. The molecule has 2 rings (SSSR count). The molecule has 0 aromatic heterocycles. The summed E-state index contributed by atoms with van der Waals surface area (Å²) in [4.78, 5) is 13.5. The van der Waals surface area contributed by atoms with Crippen molar-refractivity contribution >= 4 is 5.91 Å². The maximum Gasteiger partial charge on any atom is 0.223 e. The van der Waals surface area contributed by atoms with Crippen LogP contribution in [-0.4, -0.2) is 37.0 Å². The Kier molecular flexibility index (Phi) is 4.20. The number of likely N-dealkylation sites (tertiary alicyclic amines) is 1. The molecule has 1 aliphatic rings. The van der Waals surface area contributed by atoms with Crippen LogP contribution in [-0.2, 0) is 4.79 Å². The quantitative estimate of drug-likeness (QED) is 0.851. The fourth-order valence-electron chi connectivity index (χ4n) is 2.21. The van der Waals surface area contributed by atoms with Crippen LogP contribution in [0.3, 0.4) is 0 Å². The van der Waals surface area contributed by atoms with Gasteiger partial charge in [0.25, 0.3) is 0 Å². The number of ether oxygens (including phenoxy) is 1. The van der Waals surface area contributed by atoms with Gasteiger partial charge in [-0.2, -0.15) is 0 Å². The minimum absolute atomic E-state index is 0.193. The first-order valence-electron chi connectivity index (χ1n) is 6.37. The van der Waals surface area contributed by atoms with Gasteiger partial charge in [0, 0.05) is 13.0 Å². The molecule has 1 aliphatic heterocycles. The van der Waals surface area contributed by atoms with E-state index in [1.54, 1.807) is 0 Å². The van der Waals surface area contributed by atoms with Gasteiger partial charge >= 0.3 is 0 Å². The summed E-state index contributed by atoms with van der Waals surface area (Å²) in [7, 11) is 0. The van der Waals surface area contributed by atoms with Crippen LogP contribution in [0.4, 0.5) is 0 Å². The molecule has 0 spiro atoms. The largest absolute Gasteiger partial charge is 0.491 e. The predicted molar refractivity (Wildman–Crippen MR) is 70.4 cm³/mol. The number of hydrogen-bond acceptors (Lipinski definition) is 3. The number of nitrogens with two attached hydrogens (primary N) is 1. The molecule has 1 saturated heterocycles. The van der Waals surface area contributed by atoms with Crippen LogP contribution in [0.5, 0.6) is 5.75 Å². The number of benzene rings is 1. The van der Waals surface area contributed by atoms with Crippen LogP contribution in [0.15, 0.2) is 24.3 Å². The number of carbonyl (C=O) groups excluding carboxylic acids is 1. The lowest BCUT2D eigenvalue weighted by Gasteiger charge is -2.17. The van der Waals surface area contributed by atoms with E-state index in [9.17, 15) is 4.79 Å². The summed E-state index contributed by atoms with van der Waals surface area (Å²) in [5.41, 5.74) is 6.70. The van der Waals surface area contributed by atoms with Crippen LogP contribution in [0.1, 0.15) is 12.0 Å². The molecule has 0 radical (unpaired) electrons. The van der Waals surface area contributed by atoms with Crippen LogP contribution in [0.2, 0.25) is 0 Å². The van der Waals surface area contributed by atoms with Crippen molar-refractivity contribution in [2.75, 3.05) is 26.2 Å². The van der Waals surface area contributed by atoms with Gasteiger partial charge in [0.05, 0.1) is 6.54 Å². The topological polar surface area (TPSA) is 55.6 Å². The van der Waals surface area contributed by atoms with E-state index < -0.39 is 0 Å². The molecule has 4 heteroatoms. The van der Waals surface area contributed by atoms with Crippen LogP contribution in [0.25, 0.3) is 0 Å². The molecule has 4 nitrogen and oxygen atoms in total. The molecule has 0 bridgehead atoms. The molecule has 2 N–H and O–H groups in total. The number of aryl methyl sites for hydroxylation is 1. The Balaban J connectivity index is 1.79. The standard InChI is InChI=1S/C14H20N2O2/c1-11-4-2-3-5-13(11)18-7-6-16-10-12(9-15)8-14(16)17/h2-5,12H,6-10,15H2,1H3. The molecular weight excluding hydrogens is 228 g/mol. The van der Waals surface area contributed by atoms with Crippen LogP contribution in [0, 0.1) is 12.8 Å². The summed E-state index contributed by atoms with van der Waals surface area (Å²) in [5.74, 6) is 1.40. The molecule has 98 valence electrons. The molecule has 18 heavy (non-hydrogen) atoms. The van der Waals surface area contributed by atoms with Crippen molar-refractivity contribution in [1.82, 2.24) is 4.90 Å². The molecule has 0 aliphatic carbocycles. The van der Waals surface area contributed by atoms with Crippen LogP contribution < -0.4 is 10.5 Å². The molecule has 1 fully saturated rings. The van der Waals surface area contributed by atoms with Gasteiger partial charge < -0.3 is 15.4 Å². The number of carbonyl (C=O) groups is 1. The second kappa shape index (κ2) is 5.87. The maximum absolute atomic E-state index is 11.7. The third-order valence-electron chi connectivity index (χ3n) is 3.34. The van der Waals surface area contributed by atoms with E-state index in [1.807, 2.05) is 36.1 Å². The molecular formula is C14H20N2O2. The average molecular weight is 248 g/mol. The SMILES string of the molecule is Cc1ccccc1OCCN1CC(CN)CC1=O. The Morgan fingerprint density at radius 2 is 2.22 bits per heavy atom. The fourth-order valence-corrected chi connectivity index (χ4v) is 2.21. The molecule has 1 atom stereocenters. The van der Waals surface area contributed by atoms with Gasteiger partial charge in [0.15, 0.2) is 0 Å². The van der Waals surface area contributed by atoms with E-state index in [0.717, 1.165) is 17.9 Å². The molecule has 1 aromatic carbocycles. The van der Waals surface area contributed by atoms with Crippen molar-refractivity contribution in [3.8, 4) is 5.75 Å². The monoisotopic (exact) mass is 248 g/mol. The first kappa shape index (κ1) is 12.9. The lowest BCUT2D eigenvalue weighted by Crippen LogP contribution is -2.30. The van der Waals surface area contributed by atoms with Crippen molar-refractivity contribution in [2.45, 2.75) is 13.3 Å². The van der Waals surface area contributed by atoms with Gasteiger partial charge in [-0.25, -0.2) is 0 Å². The van der Waals surface area contributed by atoms with Gasteiger partial charge in [-0.1, -0.05) is 18.2 Å². The van der Waals surface area contributed by atoms with E-state index >= 15 is 0 Å². The number of nitrogens with zero attached hydrogens (tertiary/aromatic N) is 1. The van der Waals surface area contributed by atoms with E-state index in [2.05, 4.69) is 0 Å². The second-order valence-electron chi connectivity index (χ2n) is 4.76. The average Bonchev–Trinajstić information content (AvgIpc) is 2.73. The summed E-state index contributed by atoms with van der Waals surface area (Å²) in [6.07, 6.45) is 0.584. The zero-order valence-electron chi connectivity index (χ0n) is 10.8. The predicted octanol–water partition coefficient (Wildman–Crippen LogP) is 1.18. The molecule has 0 saturated carbocycles. The summed E-state index contributed by atoms with van der Waals surface area (Å²) >= 11 is 0. The minimum Gasteiger partial charge on any atom is -0.491 e. The fraction of sp³-hybridized carbons (Fsp3) is 0.500. The number of amides is 1. The Labute approximate surface area is 108 Å². The lowest BCUT2D eigenvalue weighted by atomic mass is 10.1. The van der Waals surface area contributed by atoms with Crippen molar-refractivity contribution < 1.29 is 9.53 Å². The third kappa shape index (κ3) is 3.01. The van der Waals surface area contributed by atoms with E-state index in [0.29, 0.717) is 32.0 Å². The van der Waals surface area contributed by atoms with Gasteiger partial charge in [0.2, 0.25) is 5.91 Å². The highest BCUT2D eigenvalue weighted by Crippen LogP contribution is 2.18. The summed E-state index contributed by atoms with van der Waals surface area (Å²) in [6.45, 7) is 4.55. The van der Waals surface area contributed by atoms with Gasteiger partial charge in [-0.15, -0.1) is 0 Å². The molecule has 1 amide bonds. The first-order valence-corrected chi connectivity index (χ1v) is 6.37. The van der Waals surface area contributed by atoms with Crippen molar-refractivity contribution in [3.05, 3.63) is 29.8 Å². The maximum atomic E-state index is 11.7. The number of rotatable bonds is 5. The lowest BCUT2D eigenvalue weighted by molar-refractivity contribution is -0.128. The zero-order chi connectivity index (χ0) is 13.0. The highest BCUT2D eigenvalue weighted by Gasteiger charge is 2.28. The van der Waals surface area contributed by atoms with Crippen molar-refractivity contribution in [3.63, 3.8) is 0 Å². The second-order valence-corrected chi connectivity index (χ2v) is 4.76. The van der Waals surface area contributed by atoms with Crippen molar-refractivity contribution in [1.29, 1.82) is 0 Å². The van der Waals surface area contributed by atoms with Crippen LogP contribution >= 0.6 is 0 Å². The Morgan fingerprint density at radius 3 is 2.89 bits per heavy atom. The first-order chi connectivity index (χ1) is 8.70. The normalized spacial score (nSPS) is 19.3. The van der Waals surface area contributed by atoms with E-state index in [-0.39, 0.29) is 5.91 Å². The number of hydrogen-bond donors (Lipinski definition) is 1. The van der Waals surface area contributed by atoms with Crippen molar-refractivity contribution in [2.24, 2.45) is 11.7 Å². The van der Waals surface area contributed by atoms with Gasteiger partial charge in [0.1, 0.15) is 12.4 Å².